The zero-order valence-electron chi connectivity index (χ0n) is 16.0. The SMILES string of the molecule is BC(c1ccccc1OCC)c1ccccc1OCC.Cc1ncc[nH]1. The molecule has 3 aromatic rings. The summed E-state index contributed by atoms with van der Waals surface area (Å²) < 4.78 is 11.5. The second-order valence-corrected chi connectivity index (χ2v) is 5.84. The maximum Gasteiger partial charge on any atom is 0.122 e. The molecule has 0 radical (unpaired) electrons. The highest BCUT2D eigenvalue weighted by atomic mass is 16.5. The second kappa shape index (κ2) is 10.3. The fraction of sp³-hybridized carbons (Fsp3) is 0.286. The molecule has 0 fully saturated rings. The quantitative estimate of drug-likeness (QED) is 0.686. The molecule has 0 aliphatic carbocycles. The molecule has 0 bridgehead atoms. The summed E-state index contributed by atoms with van der Waals surface area (Å²) in [5.41, 5.74) is 2.39. The highest BCUT2D eigenvalue weighted by molar-refractivity contribution is 6.15. The number of aryl methyl sites for hydroxylation is 1. The number of nitrogens with one attached hydrogen (secondary N) is 1. The van der Waals surface area contributed by atoms with Gasteiger partial charge in [0.15, 0.2) is 0 Å². The molecule has 0 amide bonds. The summed E-state index contributed by atoms with van der Waals surface area (Å²) >= 11 is 0. The Labute approximate surface area is 157 Å². The number of imidazole rings is 1. The van der Waals surface area contributed by atoms with Crippen LogP contribution in [0.4, 0.5) is 0 Å². The molecule has 1 heterocycles. The van der Waals surface area contributed by atoms with Crippen molar-refractivity contribution in [2.75, 3.05) is 13.2 Å². The molecule has 0 spiro atoms. The van der Waals surface area contributed by atoms with Crippen LogP contribution >= 0.6 is 0 Å². The Morgan fingerprint density at radius 3 is 1.77 bits per heavy atom. The predicted molar refractivity (Wildman–Crippen MR) is 109 cm³/mol. The number of para-hydroxylation sites is 2. The normalized spacial score (nSPS) is 10.2. The molecule has 4 nitrogen and oxygen atoms in total. The summed E-state index contributed by atoms with van der Waals surface area (Å²) in [6.45, 7) is 7.29. The van der Waals surface area contributed by atoms with Crippen LogP contribution in [0.1, 0.15) is 36.6 Å². The fourth-order valence-electron chi connectivity index (χ4n) is 2.76. The lowest BCUT2D eigenvalue weighted by Crippen LogP contribution is -2.07. The van der Waals surface area contributed by atoms with Gasteiger partial charge in [0.05, 0.1) is 13.2 Å². The van der Waals surface area contributed by atoms with E-state index in [4.69, 9.17) is 9.47 Å². The minimum atomic E-state index is 0.237. The van der Waals surface area contributed by atoms with Gasteiger partial charge in [-0.2, -0.15) is 0 Å². The molecule has 0 atom stereocenters. The van der Waals surface area contributed by atoms with Gasteiger partial charge in [-0.3, -0.25) is 0 Å². The molecule has 3 rings (SSSR count). The van der Waals surface area contributed by atoms with Crippen LogP contribution in [0.5, 0.6) is 11.5 Å². The molecular formula is C21H27BN2O2. The lowest BCUT2D eigenvalue weighted by molar-refractivity contribution is 0.332. The Kier molecular flexibility index (Phi) is 7.81. The first-order valence-electron chi connectivity index (χ1n) is 9.06. The van der Waals surface area contributed by atoms with Gasteiger partial charge in [-0.05, 0) is 49.8 Å². The minimum absolute atomic E-state index is 0.237. The molecule has 5 heteroatoms. The summed E-state index contributed by atoms with van der Waals surface area (Å²) in [5.74, 6) is 3.11. The third kappa shape index (κ3) is 5.41. The summed E-state index contributed by atoms with van der Waals surface area (Å²) in [6, 6.07) is 16.4. The molecular weight excluding hydrogens is 323 g/mol. The van der Waals surface area contributed by atoms with Crippen molar-refractivity contribution in [2.24, 2.45) is 0 Å². The predicted octanol–water partition coefficient (Wildman–Crippen LogP) is 3.92. The highest BCUT2D eigenvalue weighted by Gasteiger charge is 2.16. The van der Waals surface area contributed by atoms with E-state index >= 15 is 0 Å². The molecule has 0 saturated carbocycles. The monoisotopic (exact) mass is 350 g/mol. The van der Waals surface area contributed by atoms with E-state index in [9.17, 15) is 0 Å². The fourth-order valence-corrected chi connectivity index (χ4v) is 2.76. The van der Waals surface area contributed by atoms with Crippen molar-refractivity contribution in [3.8, 4) is 11.5 Å². The van der Waals surface area contributed by atoms with E-state index in [-0.39, 0.29) is 5.82 Å². The van der Waals surface area contributed by atoms with Gasteiger partial charge < -0.3 is 14.5 Å². The van der Waals surface area contributed by atoms with E-state index in [0.717, 1.165) is 17.3 Å². The number of nitrogens with zero attached hydrogens (tertiary/aromatic N) is 1. The Morgan fingerprint density at radius 2 is 1.42 bits per heavy atom. The van der Waals surface area contributed by atoms with Crippen LogP contribution in [-0.4, -0.2) is 31.0 Å². The first kappa shape index (κ1) is 19.6. The van der Waals surface area contributed by atoms with Crippen molar-refractivity contribution in [1.29, 1.82) is 0 Å². The molecule has 1 N–H and O–H groups in total. The van der Waals surface area contributed by atoms with Crippen molar-refractivity contribution in [2.45, 2.75) is 26.6 Å². The van der Waals surface area contributed by atoms with Crippen molar-refractivity contribution in [3.63, 3.8) is 0 Å². The van der Waals surface area contributed by atoms with E-state index in [1.54, 1.807) is 12.4 Å². The van der Waals surface area contributed by atoms with Gasteiger partial charge in [0.1, 0.15) is 25.2 Å². The Bertz CT molecular complexity index is 726. The molecule has 0 aliphatic heterocycles. The average molecular weight is 350 g/mol. The van der Waals surface area contributed by atoms with Crippen molar-refractivity contribution in [1.82, 2.24) is 9.97 Å². The lowest BCUT2D eigenvalue weighted by Gasteiger charge is -2.19. The summed E-state index contributed by atoms with van der Waals surface area (Å²) in [7, 11) is 2.19. The largest absolute Gasteiger partial charge is 0.494 e. The zero-order valence-corrected chi connectivity index (χ0v) is 16.0. The first-order valence-corrected chi connectivity index (χ1v) is 9.06. The van der Waals surface area contributed by atoms with Gasteiger partial charge in [0.2, 0.25) is 0 Å². The van der Waals surface area contributed by atoms with E-state index < -0.39 is 0 Å². The average Bonchev–Trinajstić information content (AvgIpc) is 3.14. The topological polar surface area (TPSA) is 47.1 Å². The van der Waals surface area contributed by atoms with Gasteiger partial charge in [0, 0.05) is 12.4 Å². The van der Waals surface area contributed by atoms with Crippen LogP contribution in [-0.2, 0) is 0 Å². The van der Waals surface area contributed by atoms with Gasteiger partial charge >= 0.3 is 0 Å². The van der Waals surface area contributed by atoms with Crippen molar-refractivity contribution >= 4 is 7.85 Å². The van der Waals surface area contributed by atoms with E-state index in [2.05, 4.69) is 42.1 Å². The number of aromatic amines is 1. The van der Waals surface area contributed by atoms with Crippen molar-refractivity contribution < 1.29 is 9.47 Å². The highest BCUT2D eigenvalue weighted by Crippen LogP contribution is 2.34. The van der Waals surface area contributed by atoms with Crippen molar-refractivity contribution in [3.05, 3.63) is 77.9 Å². The van der Waals surface area contributed by atoms with Crippen LogP contribution in [0.3, 0.4) is 0 Å². The third-order valence-electron chi connectivity index (χ3n) is 4.01. The summed E-state index contributed by atoms with van der Waals surface area (Å²) in [6.07, 6.45) is 3.53. The smallest absolute Gasteiger partial charge is 0.122 e. The molecule has 26 heavy (non-hydrogen) atoms. The number of ether oxygens (including phenoxy) is 2. The number of benzene rings is 2. The number of rotatable bonds is 6. The van der Waals surface area contributed by atoms with E-state index in [0.29, 0.717) is 13.2 Å². The Balaban J connectivity index is 0.000000342. The molecule has 1 aromatic heterocycles. The van der Waals surface area contributed by atoms with E-state index in [1.165, 1.54) is 11.1 Å². The minimum Gasteiger partial charge on any atom is -0.494 e. The Hall–Kier alpha value is -2.69. The molecule has 0 unspecified atom stereocenters. The number of H-pyrrole nitrogens is 1. The van der Waals surface area contributed by atoms with Gasteiger partial charge in [-0.25, -0.2) is 4.98 Å². The summed E-state index contributed by atoms with van der Waals surface area (Å²) in [4.78, 5) is 6.75. The molecule has 0 saturated heterocycles. The van der Waals surface area contributed by atoms with Gasteiger partial charge in [0.25, 0.3) is 0 Å². The van der Waals surface area contributed by atoms with Crippen LogP contribution in [0, 0.1) is 6.92 Å². The Morgan fingerprint density at radius 1 is 0.923 bits per heavy atom. The first-order chi connectivity index (χ1) is 12.7. The van der Waals surface area contributed by atoms with Crippen LogP contribution in [0.15, 0.2) is 60.9 Å². The number of hydrogen-bond donors (Lipinski definition) is 1. The standard InChI is InChI=1S/C17H21BO2.C4H6N2/c1-3-19-15-11-7-5-9-13(15)17(18)14-10-6-8-12-16(14)20-4-2;1-4-5-2-3-6-4/h5-12,17H,3-4,18H2,1-2H3;2-3H,1H3,(H,5,6). The molecule has 0 aliphatic rings. The third-order valence-corrected chi connectivity index (χ3v) is 4.01. The lowest BCUT2D eigenvalue weighted by atomic mass is 9.75. The van der Waals surface area contributed by atoms with Crippen LogP contribution in [0.25, 0.3) is 0 Å². The van der Waals surface area contributed by atoms with Gasteiger partial charge in [-0.1, -0.05) is 36.4 Å². The zero-order chi connectivity index (χ0) is 18.8. The van der Waals surface area contributed by atoms with Crippen LogP contribution in [0.2, 0.25) is 0 Å². The van der Waals surface area contributed by atoms with Crippen LogP contribution < -0.4 is 9.47 Å². The van der Waals surface area contributed by atoms with E-state index in [1.807, 2.05) is 45.0 Å². The molecule has 136 valence electrons. The maximum absolute atomic E-state index is 5.74. The number of aromatic nitrogens is 2. The number of hydrogen-bond acceptors (Lipinski definition) is 3. The molecule has 2 aromatic carbocycles. The maximum atomic E-state index is 5.74. The van der Waals surface area contributed by atoms with Gasteiger partial charge in [-0.15, -0.1) is 0 Å². The summed E-state index contributed by atoms with van der Waals surface area (Å²) in [5, 5.41) is 0. The second-order valence-electron chi connectivity index (χ2n) is 5.84.